The highest BCUT2D eigenvalue weighted by atomic mass is 19.1. The monoisotopic (exact) mass is 490 g/mol. The maximum atomic E-state index is 13.2. The molecule has 1 N–H and O–H groups in total. The Kier molecular flexibility index (Phi) is 7.23. The normalized spacial score (nSPS) is 20.6. The van der Waals surface area contributed by atoms with Crippen molar-refractivity contribution >= 4 is 11.7 Å². The molecule has 2 fully saturated rings. The van der Waals surface area contributed by atoms with Crippen LogP contribution in [0.15, 0.2) is 53.1 Å². The summed E-state index contributed by atoms with van der Waals surface area (Å²) in [6.45, 7) is 5.20. The first kappa shape index (κ1) is 24.3. The van der Waals surface area contributed by atoms with E-state index in [0.717, 1.165) is 44.5 Å². The average molecular weight is 491 g/mol. The fourth-order valence-corrected chi connectivity index (χ4v) is 5.25. The number of aryl methyl sites for hydroxylation is 1. The minimum atomic E-state index is -0.319. The first-order chi connectivity index (χ1) is 17.5. The van der Waals surface area contributed by atoms with Gasteiger partial charge in [-0.3, -0.25) is 9.59 Å². The molecule has 2 unspecified atom stereocenters. The second-order valence-electron chi connectivity index (χ2n) is 9.97. The highest BCUT2D eigenvalue weighted by Crippen LogP contribution is 2.35. The van der Waals surface area contributed by atoms with Gasteiger partial charge in [-0.2, -0.15) is 4.98 Å². The zero-order valence-corrected chi connectivity index (χ0v) is 20.5. The number of carbonyl (C=O) groups excluding carboxylic acids is 2. The van der Waals surface area contributed by atoms with Gasteiger partial charge in [0.05, 0.1) is 0 Å². The molecule has 8 heteroatoms. The third kappa shape index (κ3) is 5.54. The van der Waals surface area contributed by atoms with Crippen LogP contribution in [0.5, 0.6) is 0 Å². The Hall–Kier alpha value is -3.39. The molecule has 3 aromatic rings. The molecule has 5 rings (SSSR count). The molecule has 188 valence electrons. The van der Waals surface area contributed by atoms with Crippen molar-refractivity contribution < 1.29 is 18.5 Å². The van der Waals surface area contributed by atoms with Gasteiger partial charge in [-0.15, -0.1) is 0 Å². The van der Waals surface area contributed by atoms with Gasteiger partial charge in [0.15, 0.2) is 5.78 Å². The molecular weight excluding hydrogens is 459 g/mol. The first-order valence-electron chi connectivity index (χ1n) is 12.7. The van der Waals surface area contributed by atoms with Crippen molar-refractivity contribution in [3.05, 3.63) is 71.4 Å². The lowest BCUT2D eigenvalue weighted by Crippen LogP contribution is -2.46. The molecule has 7 nitrogen and oxygen atoms in total. The number of likely N-dealkylation sites (tertiary alicyclic amines) is 1. The van der Waals surface area contributed by atoms with E-state index in [1.807, 2.05) is 12.1 Å². The number of piperidine rings is 1. The van der Waals surface area contributed by atoms with Crippen LogP contribution < -0.4 is 5.32 Å². The summed E-state index contributed by atoms with van der Waals surface area (Å²) in [6, 6.07) is 13.1. The Balaban J connectivity index is 1.07. The van der Waals surface area contributed by atoms with E-state index in [9.17, 15) is 14.0 Å². The average Bonchev–Trinajstić information content (AvgIpc) is 3.33. The number of hydrogen-bond acceptors (Lipinski definition) is 6. The fourth-order valence-electron chi connectivity index (χ4n) is 5.25. The van der Waals surface area contributed by atoms with Crippen LogP contribution in [0.2, 0.25) is 0 Å². The van der Waals surface area contributed by atoms with E-state index in [1.165, 1.54) is 18.6 Å². The first-order valence-corrected chi connectivity index (χ1v) is 12.7. The lowest BCUT2D eigenvalue weighted by atomic mass is 9.73. The van der Waals surface area contributed by atoms with E-state index in [4.69, 9.17) is 4.52 Å². The number of Topliss-reactive ketones (excluding diaryl/α,β-unsaturated/α-hetero) is 1. The van der Waals surface area contributed by atoms with E-state index in [2.05, 4.69) is 20.4 Å². The standard InChI is InChI=1S/C28H31FN4O3/c1-18-31-27(32-36-18)21-3-2-4-22(15-21)28(35)30-16-23-5-6-24(23)17-33-13-11-20(12-14-33)26(34)19-7-9-25(29)10-8-19/h2-4,7-10,15,20,23-24H,5-6,11-14,16-17H2,1H3,(H,30,35). The van der Waals surface area contributed by atoms with Gasteiger partial charge in [0.25, 0.3) is 5.91 Å². The molecule has 2 aromatic carbocycles. The van der Waals surface area contributed by atoms with Crippen molar-refractivity contribution in [2.45, 2.75) is 32.6 Å². The molecule has 1 saturated carbocycles. The maximum Gasteiger partial charge on any atom is 0.251 e. The Bertz CT molecular complexity index is 1220. The molecule has 0 spiro atoms. The van der Waals surface area contributed by atoms with Crippen LogP contribution in [0.3, 0.4) is 0 Å². The van der Waals surface area contributed by atoms with Crippen molar-refractivity contribution in [3.8, 4) is 11.4 Å². The largest absolute Gasteiger partial charge is 0.352 e. The number of ketones is 1. The number of nitrogens with zero attached hydrogens (tertiary/aromatic N) is 3. The zero-order valence-electron chi connectivity index (χ0n) is 20.5. The van der Waals surface area contributed by atoms with Crippen LogP contribution in [0.25, 0.3) is 11.4 Å². The van der Waals surface area contributed by atoms with Crippen LogP contribution in [-0.2, 0) is 0 Å². The molecule has 2 atom stereocenters. The Morgan fingerprint density at radius 3 is 2.44 bits per heavy atom. The SMILES string of the molecule is Cc1nc(-c2cccc(C(=O)NCC3CCC3CN3CCC(C(=O)c4ccc(F)cc4)CC3)c2)no1. The van der Waals surface area contributed by atoms with E-state index in [1.54, 1.807) is 31.2 Å². The predicted octanol–water partition coefficient (Wildman–Crippen LogP) is 4.54. The van der Waals surface area contributed by atoms with E-state index >= 15 is 0 Å². The molecule has 2 aliphatic rings. The van der Waals surface area contributed by atoms with Crippen molar-refractivity contribution in [3.63, 3.8) is 0 Å². The molecule has 0 bridgehead atoms. The number of nitrogens with one attached hydrogen (secondary N) is 1. The molecule has 36 heavy (non-hydrogen) atoms. The van der Waals surface area contributed by atoms with E-state index in [0.29, 0.717) is 41.2 Å². The highest BCUT2D eigenvalue weighted by Gasteiger charge is 2.34. The third-order valence-electron chi connectivity index (χ3n) is 7.59. The number of halogens is 1. The molecule has 1 aliphatic carbocycles. The molecule has 1 aliphatic heterocycles. The van der Waals surface area contributed by atoms with Crippen molar-refractivity contribution in [1.82, 2.24) is 20.4 Å². The van der Waals surface area contributed by atoms with Crippen LogP contribution in [0.4, 0.5) is 4.39 Å². The summed E-state index contributed by atoms with van der Waals surface area (Å²) >= 11 is 0. The number of hydrogen-bond donors (Lipinski definition) is 1. The van der Waals surface area contributed by atoms with Gasteiger partial charge in [-0.1, -0.05) is 17.3 Å². The fraction of sp³-hybridized carbons (Fsp3) is 0.429. The van der Waals surface area contributed by atoms with Crippen molar-refractivity contribution in [1.29, 1.82) is 0 Å². The maximum absolute atomic E-state index is 13.2. The molecule has 1 aromatic heterocycles. The predicted molar refractivity (Wildman–Crippen MR) is 133 cm³/mol. The van der Waals surface area contributed by atoms with Gasteiger partial charge >= 0.3 is 0 Å². The number of aromatic nitrogens is 2. The summed E-state index contributed by atoms with van der Waals surface area (Å²) in [5.41, 5.74) is 1.93. The molecule has 2 heterocycles. The highest BCUT2D eigenvalue weighted by molar-refractivity contribution is 5.98. The number of rotatable bonds is 8. The smallest absolute Gasteiger partial charge is 0.251 e. The Morgan fingerprint density at radius 2 is 1.78 bits per heavy atom. The van der Waals surface area contributed by atoms with E-state index < -0.39 is 0 Å². The zero-order chi connectivity index (χ0) is 25.1. The van der Waals surface area contributed by atoms with Gasteiger partial charge in [-0.05, 0) is 87.0 Å². The summed E-state index contributed by atoms with van der Waals surface area (Å²) in [5, 5.41) is 7.03. The molecule has 1 amide bonds. The van der Waals surface area contributed by atoms with Crippen LogP contribution in [0, 0.1) is 30.5 Å². The quantitative estimate of drug-likeness (QED) is 0.467. The van der Waals surface area contributed by atoms with Crippen LogP contribution in [-0.4, -0.2) is 52.9 Å². The number of carbonyl (C=O) groups is 2. The summed E-state index contributed by atoms with van der Waals surface area (Å²) in [6.07, 6.45) is 3.95. The lowest BCUT2D eigenvalue weighted by molar-refractivity contribution is 0.0691. The molecule has 1 saturated heterocycles. The second kappa shape index (κ2) is 10.7. The number of benzene rings is 2. The van der Waals surface area contributed by atoms with Gasteiger partial charge in [0.2, 0.25) is 11.7 Å². The van der Waals surface area contributed by atoms with E-state index in [-0.39, 0.29) is 23.4 Å². The number of amides is 1. The topological polar surface area (TPSA) is 88.3 Å². The van der Waals surface area contributed by atoms with Crippen molar-refractivity contribution in [2.75, 3.05) is 26.2 Å². The van der Waals surface area contributed by atoms with Crippen LogP contribution >= 0.6 is 0 Å². The summed E-state index contributed by atoms with van der Waals surface area (Å²) in [5.74, 6) is 1.71. The molecule has 0 radical (unpaired) electrons. The molecular formula is C28H31FN4O3. The summed E-state index contributed by atoms with van der Waals surface area (Å²) < 4.78 is 18.2. The van der Waals surface area contributed by atoms with Gasteiger partial charge in [0, 0.05) is 42.6 Å². The minimum absolute atomic E-state index is 0.00955. The van der Waals surface area contributed by atoms with Gasteiger partial charge in [0.1, 0.15) is 5.82 Å². The van der Waals surface area contributed by atoms with Crippen LogP contribution in [0.1, 0.15) is 52.3 Å². The van der Waals surface area contributed by atoms with Crippen molar-refractivity contribution in [2.24, 2.45) is 17.8 Å². The summed E-state index contributed by atoms with van der Waals surface area (Å²) in [7, 11) is 0. The Morgan fingerprint density at radius 1 is 1.03 bits per heavy atom. The van der Waals surface area contributed by atoms with Gasteiger partial charge < -0.3 is 14.7 Å². The third-order valence-corrected chi connectivity index (χ3v) is 7.59. The lowest BCUT2D eigenvalue weighted by Gasteiger charge is -2.42. The summed E-state index contributed by atoms with van der Waals surface area (Å²) in [4.78, 5) is 32.2. The minimum Gasteiger partial charge on any atom is -0.352 e. The second-order valence-corrected chi connectivity index (χ2v) is 9.97. The Labute approximate surface area is 210 Å². The van der Waals surface area contributed by atoms with Gasteiger partial charge in [-0.25, -0.2) is 4.39 Å².